The maximum Gasteiger partial charge on any atom is 0.259 e. The molecule has 0 spiro atoms. The van der Waals surface area contributed by atoms with E-state index in [2.05, 4.69) is 26.2 Å². The Morgan fingerprint density at radius 3 is 2.52 bits per heavy atom. The summed E-state index contributed by atoms with van der Waals surface area (Å²) in [6.45, 7) is -0.736. The number of hydrogen-bond donors (Lipinski definition) is 3. The topological polar surface area (TPSA) is 139 Å². The highest BCUT2D eigenvalue weighted by atomic mass is 79.9. The number of rotatable bonds is 7. The van der Waals surface area contributed by atoms with Gasteiger partial charge in [0.2, 0.25) is 0 Å². The molecule has 3 aromatic rings. The van der Waals surface area contributed by atoms with Gasteiger partial charge in [-0.1, -0.05) is 28.4 Å². The van der Waals surface area contributed by atoms with Crippen LogP contribution >= 0.6 is 39.1 Å². The van der Waals surface area contributed by atoms with Gasteiger partial charge in [0.25, 0.3) is 5.91 Å². The molecule has 226 valence electrons. The molecule has 42 heavy (non-hydrogen) atoms. The number of carbonyl (C=O) groups excluding carboxylic acids is 1. The Morgan fingerprint density at radius 2 is 1.90 bits per heavy atom. The number of carbonyl (C=O) groups is 1. The molecule has 16 heteroatoms. The van der Waals surface area contributed by atoms with Crippen molar-refractivity contribution in [2.24, 2.45) is 0 Å². The molecular weight excluding hydrogens is 669 g/mol. The second-order valence-electron chi connectivity index (χ2n) is 9.77. The van der Waals surface area contributed by atoms with Gasteiger partial charge < -0.3 is 34.4 Å². The minimum Gasteiger partial charge on any atom is -0.394 e. The summed E-state index contributed by atoms with van der Waals surface area (Å²) in [4.78, 5) is 15.5. The zero-order chi connectivity index (χ0) is 30.3. The molecule has 3 N–H and O–H groups in total. The van der Waals surface area contributed by atoms with E-state index in [-0.39, 0.29) is 44.7 Å². The Morgan fingerprint density at radius 1 is 1.19 bits per heavy atom. The summed E-state index contributed by atoms with van der Waals surface area (Å²) in [6.07, 6.45) is -5.28. The standard InChI is InChI=1S/C26H25BrCl2F2N4O7/c1-40-24-22(34-7-16(32-33-34)14-2-3-15(27)21(31)20(14)30)23(38)19(8-36)42-25(24)26(39)35(17-9-41-10-18(17)37)13-5-11(28)4-12(29)6-13/h2-7,17-19,22-25,36-38H,8-10H2,1H3/t17-,18-,19+,22-,23-,24+,25+/m0/s1. The van der Waals surface area contributed by atoms with Gasteiger partial charge in [0.1, 0.15) is 36.2 Å². The number of hydrogen-bond acceptors (Lipinski definition) is 9. The molecule has 1 amide bonds. The molecule has 0 saturated carbocycles. The molecule has 2 aliphatic heterocycles. The van der Waals surface area contributed by atoms with Crippen LogP contribution in [0.15, 0.2) is 41.0 Å². The third-order valence-corrected chi connectivity index (χ3v) is 8.27. The van der Waals surface area contributed by atoms with Crippen molar-refractivity contribution >= 4 is 50.7 Å². The summed E-state index contributed by atoms with van der Waals surface area (Å²) in [5.41, 5.74) is -0.00942. The number of ether oxygens (including phenoxy) is 3. The summed E-state index contributed by atoms with van der Waals surface area (Å²) in [5, 5.41) is 40.3. The van der Waals surface area contributed by atoms with Crippen LogP contribution in [0.2, 0.25) is 10.0 Å². The van der Waals surface area contributed by atoms with Gasteiger partial charge in [-0.3, -0.25) is 4.79 Å². The van der Waals surface area contributed by atoms with E-state index in [0.717, 1.165) is 4.68 Å². The lowest BCUT2D eigenvalue weighted by Crippen LogP contribution is -2.63. The fraction of sp³-hybridized carbons (Fsp3) is 0.423. The van der Waals surface area contributed by atoms with Crippen LogP contribution in [0.1, 0.15) is 6.04 Å². The average Bonchev–Trinajstić information content (AvgIpc) is 3.60. The SMILES string of the molecule is CO[C@@H]1[C@@H](n2cc(-c3ccc(Br)c(F)c3F)nn2)[C@@H](O)[C@@H](CO)O[C@H]1C(=O)N(c1cc(Cl)cc(Cl)c1)[C@H]1COC[C@@H]1O. The normalized spacial score (nSPS) is 27.8. The molecule has 0 bridgehead atoms. The second kappa shape index (κ2) is 12.8. The molecule has 2 fully saturated rings. The van der Waals surface area contributed by atoms with Gasteiger partial charge in [-0.05, 0) is 46.3 Å². The van der Waals surface area contributed by atoms with Gasteiger partial charge in [0, 0.05) is 28.4 Å². The predicted octanol–water partition coefficient (Wildman–Crippen LogP) is 2.76. The molecule has 2 aliphatic rings. The van der Waals surface area contributed by atoms with Crippen LogP contribution in [-0.4, -0.2) is 99.7 Å². The van der Waals surface area contributed by atoms with E-state index in [1.165, 1.54) is 48.5 Å². The summed E-state index contributed by atoms with van der Waals surface area (Å²) in [5.74, 6) is -3.00. The summed E-state index contributed by atoms with van der Waals surface area (Å²) >= 11 is 15.4. The van der Waals surface area contributed by atoms with Crippen molar-refractivity contribution in [1.29, 1.82) is 0 Å². The molecule has 0 unspecified atom stereocenters. The first kappa shape index (κ1) is 31.2. The van der Waals surface area contributed by atoms with E-state index in [1.54, 1.807) is 0 Å². The molecule has 5 rings (SSSR count). The first-order chi connectivity index (χ1) is 20.0. The molecule has 2 aromatic carbocycles. The Bertz CT molecular complexity index is 1450. The number of amides is 1. The summed E-state index contributed by atoms with van der Waals surface area (Å²) in [6, 6.07) is 4.99. The number of nitrogens with zero attached hydrogens (tertiary/aromatic N) is 4. The zero-order valence-electron chi connectivity index (χ0n) is 21.8. The summed E-state index contributed by atoms with van der Waals surface area (Å²) in [7, 11) is 1.28. The Labute approximate surface area is 256 Å². The van der Waals surface area contributed by atoms with Crippen molar-refractivity contribution in [2.75, 3.05) is 31.8 Å². The number of halogens is 5. The number of methoxy groups -OCH3 is 1. The first-order valence-electron chi connectivity index (χ1n) is 12.6. The molecule has 11 nitrogen and oxygen atoms in total. The van der Waals surface area contributed by atoms with Crippen molar-refractivity contribution in [1.82, 2.24) is 15.0 Å². The number of benzene rings is 2. The van der Waals surface area contributed by atoms with Crippen LogP contribution in [0.25, 0.3) is 11.3 Å². The highest BCUT2D eigenvalue weighted by Crippen LogP contribution is 2.37. The second-order valence-corrected chi connectivity index (χ2v) is 11.5. The van der Waals surface area contributed by atoms with Crippen LogP contribution in [0, 0.1) is 11.6 Å². The Hall–Kier alpha value is -2.27. The minimum atomic E-state index is -1.47. The number of aliphatic hydroxyl groups excluding tert-OH is 3. The Balaban J connectivity index is 1.55. The molecule has 0 aliphatic carbocycles. The molecule has 7 atom stereocenters. The van der Waals surface area contributed by atoms with Crippen molar-refractivity contribution in [3.8, 4) is 11.3 Å². The van der Waals surface area contributed by atoms with Crippen LogP contribution in [0.5, 0.6) is 0 Å². The molecule has 3 heterocycles. The number of anilines is 1. The summed E-state index contributed by atoms with van der Waals surface area (Å²) < 4.78 is 46.9. The maximum atomic E-state index is 14.7. The molecule has 2 saturated heterocycles. The third kappa shape index (κ3) is 5.79. The minimum absolute atomic E-state index is 0.0152. The molecule has 1 aromatic heterocycles. The molecular formula is C26H25BrCl2F2N4O7. The van der Waals surface area contributed by atoms with Gasteiger partial charge in [-0.25, -0.2) is 13.5 Å². The smallest absolute Gasteiger partial charge is 0.259 e. The van der Waals surface area contributed by atoms with Crippen LogP contribution in [0.3, 0.4) is 0 Å². The monoisotopic (exact) mass is 692 g/mol. The van der Waals surface area contributed by atoms with Crippen LogP contribution in [-0.2, 0) is 19.0 Å². The third-order valence-electron chi connectivity index (χ3n) is 7.23. The maximum absolute atomic E-state index is 14.7. The Kier molecular flexibility index (Phi) is 9.47. The van der Waals surface area contributed by atoms with Crippen LogP contribution in [0.4, 0.5) is 14.5 Å². The van der Waals surface area contributed by atoms with E-state index in [9.17, 15) is 28.9 Å². The fourth-order valence-corrected chi connectivity index (χ4v) is 6.03. The number of aromatic nitrogens is 3. The molecule has 0 radical (unpaired) electrons. The van der Waals surface area contributed by atoms with Crippen molar-refractivity contribution in [3.05, 3.63) is 62.7 Å². The van der Waals surface area contributed by atoms with Gasteiger partial charge in [0.05, 0.1) is 36.5 Å². The van der Waals surface area contributed by atoms with E-state index in [1.807, 2.05) is 0 Å². The van der Waals surface area contributed by atoms with Crippen molar-refractivity contribution < 1.29 is 43.1 Å². The first-order valence-corrected chi connectivity index (χ1v) is 14.2. The van der Waals surface area contributed by atoms with E-state index in [4.69, 9.17) is 37.4 Å². The predicted molar refractivity (Wildman–Crippen MR) is 149 cm³/mol. The van der Waals surface area contributed by atoms with Gasteiger partial charge >= 0.3 is 0 Å². The van der Waals surface area contributed by atoms with Gasteiger partial charge in [0.15, 0.2) is 17.7 Å². The zero-order valence-corrected chi connectivity index (χ0v) is 24.9. The lowest BCUT2D eigenvalue weighted by molar-refractivity contribution is -0.211. The lowest BCUT2D eigenvalue weighted by atomic mass is 9.91. The van der Waals surface area contributed by atoms with Gasteiger partial charge in [-0.2, -0.15) is 0 Å². The fourth-order valence-electron chi connectivity index (χ4n) is 5.20. The van der Waals surface area contributed by atoms with Gasteiger partial charge in [-0.15, -0.1) is 5.10 Å². The quantitative estimate of drug-likeness (QED) is 0.319. The highest BCUT2D eigenvalue weighted by Gasteiger charge is 2.52. The lowest BCUT2D eigenvalue weighted by Gasteiger charge is -2.45. The van der Waals surface area contributed by atoms with Crippen molar-refractivity contribution in [3.63, 3.8) is 0 Å². The largest absolute Gasteiger partial charge is 0.394 e. The van der Waals surface area contributed by atoms with E-state index < -0.39 is 66.8 Å². The van der Waals surface area contributed by atoms with E-state index in [0.29, 0.717) is 0 Å². The average molecular weight is 694 g/mol. The van der Waals surface area contributed by atoms with E-state index >= 15 is 0 Å². The van der Waals surface area contributed by atoms with Crippen LogP contribution < -0.4 is 4.90 Å². The van der Waals surface area contributed by atoms with Crippen molar-refractivity contribution in [2.45, 2.75) is 42.6 Å². The highest BCUT2D eigenvalue weighted by molar-refractivity contribution is 9.10. The number of aliphatic hydroxyl groups is 3.